The second-order valence-corrected chi connectivity index (χ2v) is 2.73. The maximum Gasteiger partial charge on any atom is 0.317 e. The minimum atomic E-state index is -0.0644. The molecule has 0 aliphatic carbocycles. The molecule has 0 bridgehead atoms. The predicted octanol–water partition coefficient (Wildman–Crippen LogP) is -0.00510. The molecule has 11 heavy (non-hydrogen) atoms. The van der Waals surface area contributed by atoms with Crippen LogP contribution in [-0.2, 0) is 0 Å². The van der Waals surface area contributed by atoms with Gasteiger partial charge >= 0.3 is 6.03 Å². The number of carbonyl (C=O) groups is 1. The Morgan fingerprint density at radius 2 is 2.18 bits per heavy atom. The molecule has 0 heterocycles. The number of hydrogen-bond donors (Lipinski definition) is 2. The van der Waals surface area contributed by atoms with Gasteiger partial charge in [-0.3, -0.25) is 0 Å². The highest BCUT2D eigenvalue weighted by Gasteiger charge is 2.09. The van der Waals surface area contributed by atoms with Gasteiger partial charge in [0.05, 0.1) is 0 Å². The van der Waals surface area contributed by atoms with Crippen molar-refractivity contribution in [3.05, 3.63) is 0 Å². The number of urea groups is 1. The molecule has 0 aliphatic heterocycles. The van der Waals surface area contributed by atoms with Crippen LogP contribution in [0.1, 0.15) is 13.8 Å². The van der Waals surface area contributed by atoms with Crippen LogP contribution in [0.5, 0.6) is 0 Å². The molecule has 66 valence electrons. The minimum absolute atomic E-state index is 0.0644. The van der Waals surface area contributed by atoms with Crippen LogP contribution in [-0.4, -0.2) is 37.1 Å². The molecular formula is C7H17N3O. The van der Waals surface area contributed by atoms with E-state index in [4.69, 9.17) is 5.73 Å². The van der Waals surface area contributed by atoms with E-state index >= 15 is 0 Å². The third-order valence-corrected chi connectivity index (χ3v) is 1.52. The third-order valence-electron chi connectivity index (χ3n) is 1.52. The van der Waals surface area contributed by atoms with Gasteiger partial charge in [0.1, 0.15) is 0 Å². The van der Waals surface area contributed by atoms with Crippen molar-refractivity contribution >= 4 is 6.03 Å². The molecule has 0 spiro atoms. The van der Waals surface area contributed by atoms with Gasteiger partial charge in [-0.25, -0.2) is 4.79 Å². The van der Waals surface area contributed by atoms with Gasteiger partial charge in [-0.05, 0) is 13.8 Å². The summed E-state index contributed by atoms with van der Waals surface area (Å²) >= 11 is 0. The quantitative estimate of drug-likeness (QED) is 0.608. The van der Waals surface area contributed by atoms with Gasteiger partial charge in [-0.1, -0.05) is 0 Å². The lowest BCUT2D eigenvalue weighted by Crippen LogP contribution is -2.42. The van der Waals surface area contributed by atoms with Gasteiger partial charge in [0.2, 0.25) is 0 Å². The number of amides is 2. The van der Waals surface area contributed by atoms with Crippen LogP contribution in [0.15, 0.2) is 0 Å². The van der Waals surface area contributed by atoms with Crippen LogP contribution in [0.25, 0.3) is 0 Å². The first kappa shape index (κ1) is 10.2. The van der Waals surface area contributed by atoms with E-state index in [0.29, 0.717) is 13.1 Å². The maximum absolute atomic E-state index is 11.1. The summed E-state index contributed by atoms with van der Waals surface area (Å²) in [5.74, 6) is 0. The highest BCUT2D eigenvalue weighted by molar-refractivity contribution is 5.74. The van der Waals surface area contributed by atoms with Crippen molar-refractivity contribution in [3.63, 3.8) is 0 Å². The maximum atomic E-state index is 11.1. The van der Waals surface area contributed by atoms with E-state index in [1.165, 1.54) is 0 Å². The number of nitrogens with two attached hydrogens (primary N) is 1. The highest BCUT2D eigenvalue weighted by Crippen LogP contribution is 1.92. The summed E-state index contributed by atoms with van der Waals surface area (Å²) in [6, 6.07) is 0.165. The van der Waals surface area contributed by atoms with Crippen molar-refractivity contribution in [2.24, 2.45) is 5.73 Å². The zero-order valence-corrected chi connectivity index (χ0v) is 7.42. The van der Waals surface area contributed by atoms with Gasteiger partial charge < -0.3 is 16.0 Å². The summed E-state index contributed by atoms with van der Waals surface area (Å²) in [4.78, 5) is 12.7. The van der Waals surface area contributed by atoms with E-state index in [1.807, 2.05) is 13.8 Å². The van der Waals surface area contributed by atoms with Crippen LogP contribution in [0, 0.1) is 0 Å². The number of hydrogen-bond acceptors (Lipinski definition) is 2. The second-order valence-electron chi connectivity index (χ2n) is 2.73. The van der Waals surface area contributed by atoms with Crippen molar-refractivity contribution in [2.75, 3.05) is 20.1 Å². The Kier molecular flexibility index (Phi) is 4.61. The highest BCUT2D eigenvalue weighted by atomic mass is 16.2. The van der Waals surface area contributed by atoms with E-state index in [-0.39, 0.29) is 12.1 Å². The third kappa shape index (κ3) is 3.83. The van der Waals surface area contributed by atoms with Crippen molar-refractivity contribution < 1.29 is 4.79 Å². The molecule has 0 saturated heterocycles. The molecule has 0 saturated carbocycles. The van der Waals surface area contributed by atoms with E-state index in [1.54, 1.807) is 11.9 Å². The number of rotatable bonds is 3. The lowest BCUT2D eigenvalue weighted by Gasteiger charge is -2.21. The van der Waals surface area contributed by atoms with Crippen LogP contribution in [0.4, 0.5) is 4.79 Å². The number of nitrogens with zero attached hydrogens (tertiary/aromatic N) is 1. The minimum Gasteiger partial charge on any atom is -0.337 e. The predicted molar refractivity (Wildman–Crippen MR) is 45.4 cm³/mol. The molecule has 0 atom stereocenters. The Morgan fingerprint density at radius 1 is 1.64 bits per heavy atom. The smallest absolute Gasteiger partial charge is 0.317 e. The van der Waals surface area contributed by atoms with Gasteiger partial charge in [-0.2, -0.15) is 0 Å². The van der Waals surface area contributed by atoms with Crippen LogP contribution in [0.2, 0.25) is 0 Å². The Bertz CT molecular complexity index is 125. The van der Waals surface area contributed by atoms with Crippen LogP contribution in [0.3, 0.4) is 0 Å². The Balaban J connectivity index is 3.64. The van der Waals surface area contributed by atoms with Gasteiger partial charge in [-0.15, -0.1) is 0 Å². The molecule has 4 nitrogen and oxygen atoms in total. The normalized spacial score (nSPS) is 9.91. The van der Waals surface area contributed by atoms with Crippen LogP contribution >= 0.6 is 0 Å². The fraction of sp³-hybridized carbons (Fsp3) is 0.857. The lowest BCUT2D eigenvalue weighted by atomic mass is 10.4. The van der Waals surface area contributed by atoms with Gasteiger partial charge in [0, 0.05) is 26.2 Å². The summed E-state index contributed by atoms with van der Waals surface area (Å²) in [5.41, 5.74) is 5.22. The summed E-state index contributed by atoms with van der Waals surface area (Å²) in [6.45, 7) is 4.94. The van der Waals surface area contributed by atoms with Crippen molar-refractivity contribution in [3.8, 4) is 0 Å². The van der Waals surface area contributed by atoms with Crippen molar-refractivity contribution in [1.29, 1.82) is 0 Å². The largest absolute Gasteiger partial charge is 0.337 e. The van der Waals surface area contributed by atoms with E-state index < -0.39 is 0 Å². The first-order chi connectivity index (χ1) is 5.09. The lowest BCUT2D eigenvalue weighted by molar-refractivity contribution is 0.198. The fourth-order valence-corrected chi connectivity index (χ4v) is 0.538. The van der Waals surface area contributed by atoms with E-state index in [2.05, 4.69) is 5.32 Å². The van der Waals surface area contributed by atoms with E-state index in [9.17, 15) is 4.79 Å². The molecule has 0 radical (unpaired) electrons. The van der Waals surface area contributed by atoms with Crippen molar-refractivity contribution in [1.82, 2.24) is 10.2 Å². The Morgan fingerprint density at radius 3 is 2.55 bits per heavy atom. The Labute approximate surface area is 67.7 Å². The van der Waals surface area contributed by atoms with E-state index in [0.717, 1.165) is 0 Å². The molecule has 0 aromatic carbocycles. The van der Waals surface area contributed by atoms with Gasteiger partial charge in [0.25, 0.3) is 0 Å². The zero-order valence-electron chi connectivity index (χ0n) is 7.42. The SMILES string of the molecule is CC(C)N(C)C(=O)NCCN. The molecule has 0 rings (SSSR count). The van der Waals surface area contributed by atoms with Crippen molar-refractivity contribution in [2.45, 2.75) is 19.9 Å². The average Bonchev–Trinajstić information content (AvgIpc) is 1.98. The summed E-state index contributed by atoms with van der Waals surface area (Å²) in [5, 5.41) is 2.68. The number of carbonyl (C=O) groups excluding carboxylic acids is 1. The monoisotopic (exact) mass is 159 g/mol. The molecular weight excluding hydrogens is 142 g/mol. The standard InChI is InChI=1S/C7H17N3O/c1-6(2)10(3)7(11)9-5-4-8/h6H,4-5,8H2,1-3H3,(H,9,11). The number of nitrogens with one attached hydrogen (secondary N) is 1. The molecule has 3 N–H and O–H groups in total. The molecule has 0 unspecified atom stereocenters. The summed E-state index contributed by atoms with van der Waals surface area (Å²) < 4.78 is 0. The fourth-order valence-electron chi connectivity index (χ4n) is 0.538. The zero-order chi connectivity index (χ0) is 8.85. The van der Waals surface area contributed by atoms with Gasteiger partial charge in [0.15, 0.2) is 0 Å². The molecule has 2 amide bonds. The molecule has 0 aliphatic rings. The molecule has 4 heteroatoms. The summed E-state index contributed by atoms with van der Waals surface area (Å²) in [7, 11) is 1.76. The molecule has 0 aromatic heterocycles. The molecule has 0 fully saturated rings. The summed E-state index contributed by atoms with van der Waals surface area (Å²) in [6.07, 6.45) is 0. The topological polar surface area (TPSA) is 58.4 Å². The second kappa shape index (κ2) is 4.96. The average molecular weight is 159 g/mol. The molecule has 0 aromatic rings. The van der Waals surface area contributed by atoms with Crippen LogP contribution < -0.4 is 11.1 Å². The first-order valence-corrected chi connectivity index (χ1v) is 3.80. The first-order valence-electron chi connectivity index (χ1n) is 3.80. The Hall–Kier alpha value is -0.770.